The van der Waals surface area contributed by atoms with Gasteiger partial charge in [-0.05, 0) is 185 Å². The van der Waals surface area contributed by atoms with Crippen molar-refractivity contribution in [2.75, 3.05) is 19.8 Å². The molecule has 0 aromatic heterocycles. The van der Waals surface area contributed by atoms with Gasteiger partial charge >= 0.3 is 0 Å². The normalized spacial score (nSPS) is 16.1. The van der Waals surface area contributed by atoms with Crippen molar-refractivity contribution >= 4 is 130 Å². The molecule has 2 rings (SSSR count). The predicted molar refractivity (Wildman–Crippen MR) is 492 cm³/mol. The number of nitrogens with one attached hydrogen (secondary N) is 18. The SMILES string of the molecule is CCC(C)C(NC(=O)C(C)(C)NC(=O)C(NC(=O)C1CCCN1C(=O)C(C)(C)NC(=O)C(CC(C)C)NC(=O)C(CO)NC(=O)C(C)NC(=O)C(C)(C)NC(=O)C(C)(C)NC(=O)C(CCC(N)=O)NC(=O)C(C)(CC)NC(=O)C(C)(C)NC(=O)C(C)NC(=O)C(C)NC(=O)C(C)(C)NC(C)=O)C(C)C)C(=O)NC(CCC(N)=O)C(=O)NC(CCC(N)=O)C(=O)NC(CO)Cc1ccccc1. The van der Waals surface area contributed by atoms with E-state index in [9.17, 15) is 116 Å². The maximum Gasteiger partial charge on any atom is 0.248 e. The summed E-state index contributed by atoms with van der Waals surface area (Å²) in [5.74, 6) is -21.0. The maximum absolute atomic E-state index is 14.6. The second kappa shape index (κ2) is 51.8. The second-order valence-electron chi connectivity index (χ2n) is 38.5. The van der Waals surface area contributed by atoms with Crippen LogP contribution < -0.4 is 113 Å². The van der Waals surface area contributed by atoms with Crippen LogP contribution in [-0.4, -0.2) is 276 Å². The van der Waals surface area contributed by atoms with Crippen LogP contribution in [0.25, 0.3) is 0 Å². The Morgan fingerprint density at radius 3 is 1.26 bits per heavy atom. The quantitative estimate of drug-likeness (QED) is 0.0290. The highest BCUT2D eigenvalue weighted by Crippen LogP contribution is 2.25. The van der Waals surface area contributed by atoms with Crippen LogP contribution >= 0.6 is 0 Å². The Morgan fingerprint density at radius 1 is 0.393 bits per heavy atom. The van der Waals surface area contributed by atoms with Crippen molar-refractivity contribution in [3.8, 4) is 0 Å². The number of aliphatic hydroxyl groups is 2. The Labute approximate surface area is 788 Å². The summed E-state index contributed by atoms with van der Waals surface area (Å²) in [5.41, 5.74) is 4.56. The topological polar surface area (TPSA) is 714 Å². The summed E-state index contributed by atoms with van der Waals surface area (Å²) in [4.78, 5) is 300. The first kappa shape index (κ1) is 119. The highest BCUT2D eigenvalue weighted by molar-refractivity contribution is 6.04. The molecule has 14 unspecified atom stereocenters. The van der Waals surface area contributed by atoms with Crippen LogP contribution in [0.15, 0.2) is 30.3 Å². The highest BCUT2D eigenvalue weighted by Gasteiger charge is 2.48. The number of nitrogens with two attached hydrogens (primary N) is 3. The van der Waals surface area contributed by atoms with Crippen molar-refractivity contribution in [3.05, 3.63) is 35.9 Å². The predicted octanol–water partition coefficient (Wildman–Crippen LogP) is -5.18. The average molecular weight is 1910 g/mol. The van der Waals surface area contributed by atoms with Crippen molar-refractivity contribution in [2.45, 2.75) is 354 Å². The molecule has 0 spiro atoms. The number of nitrogens with zero attached hydrogens (tertiary/aromatic N) is 1. The van der Waals surface area contributed by atoms with Gasteiger partial charge in [-0.1, -0.05) is 85.2 Å². The van der Waals surface area contributed by atoms with E-state index in [-0.39, 0.29) is 70.3 Å². The number of primary amides is 3. The molecule has 22 amide bonds. The molecule has 1 aliphatic heterocycles. The van der Waals surface area contributed by atoms with Gasteiger partial charge in [0.15, 0.2) is 0 Å². The number of aliphatic hydroxyl groups excluding tert-OH is 2. The van der Waals surface area contributed by atoms with Gasteiger partial charge in [-0.25, -0.2) is 0 Å². The van der Waals surface area contributed by atoms with Crippen LogP contribution in [0.1, 0.15) is 242 Å². The monoisotopic (exact) mass is 1910 g/mol. The fraction of sp³-hybridized carbons (Fsp3) is 0.685. The van der Waals surface area contributed by atoms with Crippen molar-refractivity contribution in [2.24, 2.45) is 35.0 Å². The lowest BCUT2D eigenvalue weighted by Gasteiger charge is -2.36. The average Bonchev–Trinajstić information content (AvgIpc) is 1.79. The highest BCUT2D eigenvalue weighted by atomic mass is 16.3. The zero-order valence-electron chi connectivity index (χ0n) is 82.2. The minimum atomic E-state index is -1.94. The summed E-state index contributed by atoms with van der Waals surface area (Å²) in [7, 11) is 0. The molecule has 1 aliphatic rings. The summed E-state index contributed by atoms with van der Waals surface area (Å²) in [6, 6.07) is -7.80. The van der Waals surface area contributed by atoms with E-state index in [1.54, 1.807) is 71.9 Å². The third kappa shape index (κ3) is 37.7. The van der Waals surface area contributed by atoms with Crippen molar-refractivity contribution < 1.29 is 116 Å². The molecular formula is C89H148N22O24. The third-order valence-corrected chi connectivity index (χ3v) is 22.7. The zero-order valence-corrected chi connectivity index (χ0v) is 82.2. The third-order valence-electron chi connectivity index (χ3n) is 22.7. The molecule has 14 atom stereocenters. The Morgan fingerprint density at radius 2 is 0.793 bits per heavy atom. The van der Waals surface area contributed by atoms with Crippen LogP contribution in [0, 0.1) is 17.8 Å². The number of likely N-dealkylation sites (tertiary alicyclic amines) is 1. The molecule has 46 nitrogen and oxygen atoms in total. The number of amides is 22. The lowest BCUT2D eigenvalue weighted by atomic mass is 9.93. The van der Waals surface area contributed by atoms with E-state index in [0.717, 1.165) is 5.56 Å². The fourth-order valence-corrected chi connectivity index (χ4v) is 13.6. The molecule has 1 aromatic rings. The Balaban J connectivity index is 2.23. The fourth-order valence-electron chi connectivity index (χ4n) is 13.6. The summed E-state index contributed by atoms with van der Waals surface area (Å²) in [5, 5.41) is 66.2. The summed E-state index contributed by atoms with van der Waals surface area (Å²) >= 11 is 0. The molecule has 0 aliphatic carbocycles. The van der Waals surface area contributed by atoms with Gasteiger partial charge in [0.05, 0.1) is 19.3 Å². The molecular weight excluding hydrogens is 1760 g/mol. The lowest BCUT2D eigenvalue weighted by molar-refractivity contribution is -0.146. The van der Waals surface area contributed by atoms with Gasteiger partial charge in [0.25, 0.3) is 0 Å². The van der Waals surface area contributed by atoms with Crippen LogP contribution in [0.2, 0.25) is 0 Å². The molecule has 26 N–H and O–H groups in total. The van der Waals surface area contributed by atoms with Crippen molar-refractivity contribution in [1.29, 1.82) is 0 Å². The van der Waals surface area contributed by atoms with Gasteiger partial charge < -0.3 is 128 Å². The molecule has 758 valence electrons. The summed E-state index contributed by atoms with van der Waals surface area (Å²) in [6.45, 7) is 32.0. The number of benzene rings is 1. The van der Waals surface area contributed by atoms with Crippen molar-refractivity contribution in [3.63, 3.8) is 0 Å². The van der Waals surface area contributed by atoms with Crippen LogP contribution in [0.4, 0.5) is 0 Å². The van der Waals surface area contributed by atoms with Gasteiger partial charge in [0.2, 0.25) is 130 Å². The zero-order chi connectivity index (χ0) is 104. The van der Waals surface area contributed by atoms with Crippen LogP contribution in [0.5, 0.6) is 0 Å². The van der Waals surface area contributed by atoms with Gasteiger partial charge in [-0.3, -0.25) is 105 Å². The first-order valence-electron chi connectivity index (χ1n) is 45.1. The van der Waals surface area contributed by atoms with Gasteiger partial charge in [0.1, 0.15) is 105 Å². The van der Waals surface area contributed by atoms with E-state index in [4.69, 9.17) is 17.2 Å². The maximum atomic E-state index is 14.6. The summed E-state index contributed by atoms with van der Waals surface area (Å²) < 4.78 is 0. The van der Waals surface area contributed by atoms with Gasteiger partial charge in [-0.2, -0.15) is 0 Å². The molecule has 1 fully saturated rings. The van der Waals surface area contributed by atoms with E-state index in [1.807, 2.05) is 0 Å². The van der Waals surface area contributed by atoms with E-state index in [2.05, 4.69) is 95.7 Å². The Hall–Kier alpha value is -12.5. The minimum Gasteiger partial charge on any atom is -0.394 e. The number of carbonyl (C=O) groups is 22. The summed E-state index contributed by atoms with van der Waals surface area (Å²) in [6.07, 6.45) is -1.77. The number of hydrogen-bond acceptors (Lipinski definition) is 24. The van der Waals surface area contributed by atoms with E-state index in [1.165, 1.54) is 130 Å². The Bertz CT molecular complexity index is 4460. The molecule has 1 aromatic carbocycles. The first-order chi connectivity index (χ1) is 62.1. The standard InChI is InChI=1S/C89H148N22O24/c1-25-47(7)64(74(127)98-55(35-38-61(91)116)69(122)97-54(34-37-60(90)115)68(121)96-53(43-112)42-52-31-28-27-29-32-52)103-78(131)84(14,15)108-75(128)63(46(5)6)102-73(126)59-33-30-40-111(59)82(135)88(22,23)107-72(125)57(41-45(3)4)99-70(123)58(44-113)100-66(119)49(9)95-77(130)85(16,17)109-79(132)86(18,19)106-71(124)56(36-39-62(92)117)101-81(134)89(24,26-2)110-80(133)87(20,21)105-67(120)50(10)93-65(118)48(8)94-76(129)83(12,13)104-51(11)114/h27-29,31-32,45-50,53-59,63-64,112-113H,25-26,30,33-44H2,1-24H3,(H2,90,115)(H2,91,116)(H2,92,117)(H,93,118)(H,94,129)(H,95,130)(H,96,121)(H,97,122)(H,98,127)(H,99,123)(H,100,119)(H,101,134)(H,102,126)(H,103,131)(H,104,114)(H,105,120)(H,106,124)(H,107,125)(H,108,128)(H,109,132)(H,110,133). The van der Waals surface area contributed by atoms with Crippen LogP contribution in [-0.2, 0) is 112 Å². The molecule has 0 saturated carbocycles. The molecule has 135 heavy (non-hydrogen) atoms. The largest absolute Gasteiger partial charge is 0.394 e. The van der Waals surface area contributed by atoms with Gasteiger partial charge in [0, 0.05) is 32.7 Å². The van der Waals surface area contributed by atoms with E-state index < -0.39 is 286 Å². The molecule has 1 heterocycles. The van der Waals surface area contributed by atoms with E-state index >= 15 is 0 Å². The number of rotatable bonds is 55. The molecule has 0 bridgehead atoms. The number of carbonyl (C=O) groups excluding carboxylic acids is 22. The lowest BCUT2D eigenvalue weighted by Crippen LogP contribution is -2.67. The Kier molecular flexibility index (Phi) is 45.5. The van der Waals surface area contributed by atoms with Crippen LogP contribution in [0.3, 0.4) is 0 Å². The smallest absolute Gasteiger partial charge is 0.248 e. The first-order valence-corrected chi connectivity index (χ1v) is 45.1. The van der Waals surface area contributed by atoms with E-state index in [0.29, 0.717) is 0 Å². The molecule has 1 saturated heterocycles. The molecule has 46 heteroatoms. The number of hydrogen-bond donors (Lipinski definition) is 23. The minimum absolute atomic E-state index is 0.00490. The molecule has 0 radical (unpaired) electrons. The van der Waals surface area contributed by atoms with Gasteiger partial charge in [-0.15, -0.1) is 0 Å². The second-order valence-corrected chi connectivity index (χ2v) is 38.5. The van der Waals surface area contributed by atoms with Crippen molar-refractivity contribution in [1.82, 2.24) is 101 Å².